The van der Waals surface area contributed by atoms with Crippen molar-refractivity contribution in [1.29, 1.82) is 0 Å². The van der Waals surface area contributed by atoms with Crippen molar-refractivity contribution in [3.63, 3.8) is 0 Å². The summed E-state index contributed by atoms with van der Waals surface area (Å²) in [6, 6.07) is 13.8. The summed E-state index contributed by atoms with van der Waals surface area (Å²) in [5.74, 6) is 0.0145. The van der Waals surface area contributed by atoms with Crippen molar-refractivity contribution in [2.24, 2.45) is 0 Å². The summed E-state index contributed by atoms with van der Waals surface area (Å²) in [5, 5.41) is 3.00. The summed E-state index contributed by atoms with van der Waals surface area (Å²) in [5.41, 5.74) is 0.520. The van der Waals surface area contributed by atoms with E-state index in [2.05, 4.69) is 5.32 Å². The first-order valence-electron chi connectivity index (χ1n) is 9.21. The molecule has 0 unspecified atom stereocenters. The molecule has 1 N–H and O–H groups in total. The molecule has 0 heterocycles. The van der Waals surface area contributed by atoms with Gasteiger partial charge in [0.15, 0.2) is 0 Å². The van der Waals surface area contributed by atoms with E-state index in [1.807, 2.05) is 51.1 Å². The Hall–Kier alpha value is -2.09. The third-order valence-electron chi connectivity index (χ3n) is 4.09. The van der Waals surface area contributed by atoms with Crippen LogP contribution in [0, 0.1) is 0 Å². The van der Waals surface area contributed by atoms with Crippen LogP contribution in [0.5, 0.6) is 5.75 Å². The van der Waals surface area contributed by atoms with Gasteiger partial charge in [-0.1, -0.05) is 41.9 Å². The Morgan fingerprint density at radius 3 is 2.34 bits per heavy atom. The molecule has 0 aliphatic carbocycles. The zero-order valence-electron chi connectivity index (χ0n) is 17.1. The summed E-state index contributed by atoms with van der Waals surface area (Å²) in [6.07, 6.45) is 0.479. The van der Waals surface area contributed by atoms with Crippen molar-refractivity contribution in [3.05, 3.63) is 59.1 Å². The summed E-state index contributed by atoms with van der Waals surface area (Å²) in [6.45, 7) is 5.41. The summed E-state index contributed by atoms with van der Waals surface area (Å²) < 4.78 is 32.8. The van der Waals surface area contributed by atoms with Crippen LogP contribution in [-0.2, 0) is 21.2 Å². The van der Waals surface area contributed by atoms with Crippen molar-refractivity contribution in [2.45, 2.75) is 37.6 Å². The molecule has 2 rings (SSSR count). The second-order valence-electron chi connectivity index (χ2n) is 7.67. The fourth-order valence-electron chi connectivity index (χ4n) is 2.76. The number of halogens is 1. The van der Waals surface area contributed by atoms with Crippen LogP contribution >= 0.6 is 11.6 Å². The monoisotopic (exact) mass is 438 g/mol. The van der Waals surface area contributed by atoms with E-state index >= 15 is 0 Å². The van der Waals surface area contributed by atoms with Gasteiger partial charge in [0.2, 0.25) is 15.9 Å². The molecular weight excluding hydrogens is 412 g/mol. The van der Waals surface area contributed by atoms with Crippen LogP contribution in [0.15, 0.2) is 53.4 Å². The Bertz CT molecular complexity index is 941. The Morgan fingerprint density at radius 1 is 1.14 bits per heavy atom. The van der Waals surface area contributed by atoms with Crippen molar-refractivity contribution >= 4 is 27.5 Å². The molecule has 0 bridgehead atoms. The van der Waals surface area contributed by atoms with Gasteiger partial charge < -0.3 is 10.1 Å². The molecule has 0 aliphatic heterocycles. The molecule has 0 saturated carbocycles. The molecule has 0 radical (unpaired) electrons. The van der Waals surface area contributed by atoms with Crippen LogP contribution in [0.3, 0.4) is 0 Å². The highest BCUT2D eigenvalue weighted by molar-refractivity contribution is 7.89. The van der Waals surface area contributed by atoms with Gasteiger partial charge in [0.1, 0.15) is 5.75 Å². The molecule has 0 fully saturated rings. The number of amides is 1. The Morgan fingerprint density at radius 2 is 1.79 bits per heavy atom. The van der Waals surface area contributed by atoms with E-state index in [0.717, 1.165) is 5.56 Å². The number of sulfonamides is 1. The van der Waals surface area contributed by atoms with E-state index in [4.69, 9.17) is 16.3 Å². The van der Waals surface area contributed by atoms with Crippen LogP contribution in [0.2, 0.25) is 5.02 Å². The van der Waals surface area contributed by atoms with Crippen molar-refractivity contribution in [3.8, 4) is 5.75 Å². The molecule has 0 aliphatic rings. The Labute approximate surface area is 177 Å². The first-order valence-corrected chi connectivity index (χ1v) is 11.0. The van der Waals surface area contributed by atoms with Crippen LogP contribution in [-0.4, -0.2) is 44.4 Å². The minimum absolute atomic E-state index is 0.0138. The molecule has 1 amide bonds. The molecule has 158 valence electrons. The number of carbonyl (C=O) groups excluding carboxylic acids is 1. The molecule has 6 nitrogen and oxygen atoms in total. The number of carbonyl (C=O) groups is 1. The van der Waals surface area contributed by atoms with Gasteiger partial charge in [-0.3, -0.25) is 4.79 Å². The van der Waals surface area contributed by atoms with E-state index in [0.29, 0.717) is 12.2 Å². The minimum Gasteiger partial charge on any atom is -0.495 e. The maximum atomic E-state index is 13.3. The van der Waals surface area contributed by atoms with E-state index < -0.39 is 15.6 Å². The number of methoxy groups -OCH3 is 1. The highest BCUT2D eigenvalue weighted by Gasteiger charge is 2.28. The van der Waals surface area contributed by atoms with Crippen LogP contribution in [0.1, 0.15) is 26.3 Å². The fourth-order valence-corrected chi connectivity index (χ4v) is 4.50. The third kappa shape index (κ3) is 6.73. The number of nitrogens with zero attached hydrogens (tertiary/aromatic N) is 1. The average Bonchev–Trinajstić information content (AvgIpc) is 2.64. The molecule has 0 spiro atoms. The van der Waals surface area contributed by atoms with Gasteiger partial charge in [-0.15, -0.1) is 0 Å². The molecule has 8 heteroatoms. The number of benzene rings is 2. The standard InChI is InChI=1S/C21H27ClN2O4S/c1-21(2,3)23-20(25)15-24(13-12-16-8-6-5-7-9-16)29(26,27)17-10-11-19(28-4)18(22)14-17/h5-11,14H,12-13,15H2,1-4H3,(H,23,25). The number of hydrogen-bond acceptors (Lipinski definition) is 4. The first kappa shape index (κ1) is 23.2. The van der Waals surface area contributed by atoms with Gasteiger partial charge in [-0.25, -0.2) is 8.42 Å². The highest BCUT2D eigenvalue weighted by atomic mass is 35.5. The van der Waals surface area contributed by atoms with Gasteiger partial charge in [-0.05, 0) is 51.0 Å². The van der Waals surface area contributed by atoms with E-state index in [9.17, 15) is 13.2 Å². The lowest BCUT2D eigenvalue weighted by Gasteiger charge is -2.25. The maximum Gasteiger partial charge on any atom is 0.243 e. The first-order chi connectivity index (χ1) is 13.5. The number of ether oxygens (including phenoxy) is 1. The van der Waals surface area contributed by atoms with Crippen molar-refractivity contribution < 1.29 is 17.9 Å². The second kappa shape index (κ2) is 9.61. The number of nitrogens with one attached hydrogen (secondary N) is 1. The number of rotatable bonds is 8. The van der Waals surface area contributed by atoms with E-state index in [-0.39, 0.29) is 28.9 Å². The largest absolute Gasteiger partial charge is 0.495 e. The lowest BCUT2D eigenvalue weighted by Crippen LogP contribution is -2.47. The predicted octanol–water partition coefficient (Wildman–Crippen LogP) is 3.50. The predicted molar refractivity (Wildman–Crippen MR) is 115 cm³/mol. The highest BCUT2D eigenvalue weighted by Crippen LogP contribution is 2.28. The molecule has 0 saturated heterocycles. The van der Waals surface area contributed by atoms with E-state index in [1.54, 1.807) is 0 Å². The normalized spacial score (nSPS) is 12.1. The third-order valence-corrected chi connectivity index (χ3v) is 6.22. The lowest BCUT2D eigenvalue weighted by molar-refractivity contribution is -0.122. The van der Waals surface area contributed by atoms with Crippen LogP contribution < -0.4 is 10.1 Å². The quantitative estimate of drug-likeness (QED) is 0.684. The van der Waals surface area contributed by atoms with Crippen LogP contribution in [0.25, 0.3) is 0 Å². The minimum atomic E-state index is -3.94. The topological polar surface area (TPSA) is 75.7 Å². The molecule has 2 aromatic rings. The fraction of sp³-hybridized carbons (Fsp3) is 0.381. The molecule has 0 atom stereocenters. The molecule has 2 aromatic carbocycles. The SMILES string of the molecule is COc1ccc(S(=O)(=O)N(CCc2ccccc2)CC(=O)NC(C)(C)C)cc1Cl. The summed E-state index contributed by atoms with van der Waals surface area (Å²) in [7, 11) is -2.48. The maximum absolute atomic E-state index is 13.3. The van der Waals surface area contributed by atoms with Gasteiger partial charge in [-0.2, -0.15) is 4.31 Å². The molecule has 29 heavy (non-hydrogen) atoms. The van der Waals surface area contributed by atoms with Gasteiger partial charge in [0, 0.05) is 12.1 Å². The van der Waals surface area contributed by atoms with Gasteiger partial charge in [0.25, 0.3) is 0 Å². The molecular formula is C21H27ClN2O4S. The smallest absolute Gasteiger partial charge is 0.243 e. The zero-order valence-corrected chi connectivity index (χ0v) is 18.7. The Kier molecular flexibility index (Phi) is 7.68. The summed E-state index contributed by atoms with van der Waals surface area (Å²) >= 11 is 6.12. The van der Waals surface area contributed by atoms with Gasteiger partial charge in [0.05, 0.1) is 23.6 Å². The molecule has 0 aromatic heterocycles. The second-order valence-corrected chi connectivity index (χ2v) is 10.0. The van der Waals surface area contributed by atoms with Crippen molar-refractivity contribution in [2.75, 3.05) is 20.2 Å². The van der Waals surface area contributed by atoms with Gasteiger partial charge >= 0.3 is 0 Å². The van der Waals surface area contributed by atoms with Crippen molar-refractivity contribution in [1.82, 2.24) is 9.62 Å². The zero-order chi connectivity index (χ0) is 21.7. The Balaban J connectivity index is 2.30. The van der Waals surface area contributed by atoms with Crippen LogP contribution in [0.4, 0.5) is 0 Å². The number of hydrogen-bond donors (Lipinski definition) is 1. The van der Waals surface area contributed by atoms with E-state index in [1.165, 1.54) is 29.6 Å². The lowest BCUT2D eigenvalue weighted by atomic mass is 10.1. The summed E-state index contributed by atoms with van der Waals surface area (Å²) in [4.78, 5) is 12.5. The average molecular weight is 439 g/mol.